The maximum absolute atomic E-state index is 11.9. The Bertz CT molecular complexity index is 709. The molecule has 2 rings (SSSR count). The second-order valence-corrected chi connectivity index (χ2v) is 5.81. The van der Waals surface area contributed by atoms with Crippen LogP contribution in [0.4, 0.5) is 5.69 Å². The van der Waals surface area contributed by atoms with Gasteiger partial charge in [-0.25, -0.2) is 0 Å². The molecule has 0 aliphatic rings. The molecule has 0 aliphatic heterocycles. The van der Waals surface area contributed by atoms with Crippen LogP contribution in [0.2, 0.25) is 0 Å². The average Bonchev–Trinajstić information content (AvgIpc) is 2.61. The topological polar surface area (TPSA) is 59.9 Å². The number of hydrogen-bond donors (Lipinski definition) is 1. The summed E-state index contributed by atoms with van der Waals surface area (Å²) in [5.74, 6) is 0.831. The highest BCUT2D eigenvalue weighted by Gasteiger charge is 2.07. The third-order valence-electron chi connectivity index (χ3n) is 3.54. The maximum Gasteiger partial charge on any atom is 0.265 e. The van der Waals surface area contributed by atoms with Gasteiger partial charge in [0.1, 0.15) is 5.75 Å². The summed E-state index contributed by atoms with van der Waals surface area (Å²) in [6, 6.07) is 15.3. The van der Waals surface area contributed by atoms with Gasteiger partial charge in [-0.2, -0.15) is 0 Å². The van der Waals surface area contributed by atoms with Gasteiger partial charge in [0.15, 0.2) is 6.61 Å². The molecule has 0 heterocycles. The normalized spacial score (nSPS) is 10.9. The minimum Gasteiger partial charge on any atom is -0.492 e. The van der Waals surface area contributed by atoms with Crippen LogP contribution in [-0.4, -0.2) is 25.3 Å². The molecule has 5 nitrogen and oxygen atoms in total. The summed E-state index contributed by atoms with van der Waals surface area (Å²) in [5.41, 5.74) is 2.81. The van der Waals surface area contributed by atoms with Gasteiger partial charge in [0.05, 0.1) is 18.5 Å². The van der Waals surface area contributed by atoms with E-state index in [1.165, 1.54) is 5.56 Å². The third-order valence-corrected chi connectivity index (χ3v) is 3.54. The molecule has 1 amide bonds. The number of rotatable bonds is 8. The monoisotopic (exact) mass is 340 g/mol. The number of amides is 1. The van der Waals surface area contributed by atoms with E-state index in [0.29, 0.717) is 24.0 Å². The van der Waals surface area contributed by atoms with Crippen molar-refractivity contribution in [1.82, 2.24) is 0 Å². The second kappa shape index (κ2) is 9.47. The number of benzene rings is 2. The first-order valence-electron chi connectivity index (χ1n) is 8.37. The van der Waals surface area contributed by atoms with Gasteiger partial charge in [-0.1, -0.05) is 55.4 Å². The van der Waals surface area contributed by atoms with Crippen molar-refractivity contribution < 1.29 is 14.4 Å². The largest absolute Gasteiger partial charge is 0.492 e. The van der Waals surface area contributed by atoms with Gasteiger partial charge in [0.2, 0.25) is 0 Å². The van der Waals surface area contributed by atoms with Gasteiger partial charge in [0.25, 0.3) is 5.91 Å². The summed E-state index contributed by atoms with van der Waals surface area (Å²) in [5, 5.41) is 6.59. The molecule has 0 atom stereocenters. The van der Waals surface area contributed by atoms with Crippen molar-refractivity contribution >= 4 is 17.8 Å². The Morgan fingerprint density at radius 2 is 1.88 bits per heavy atom. The van der Waals surface area contributed by atoms with Gasteiger partial charge in [0, 0.05) is 0 Å². The van der Waals surface area contributed by atoms with Crippen molar-refractivity contribution in [3.8, 4) is 5.75 Å². The first-order valence-corrected chi connectivity index (χ1v) is 8.37. The zero-order chi connectivity index (χ0) is 18.1. The Labute approximate surface area is 148 Å². The molecular weight excluding hydrogens is 316 g/mol. The van der Waals surface area contributed by atoms with E-state index in [1.807, 2.05) is 31.2 Å². The lowest BCUT2D eigenvalue weighted by Crippen LogP contribution is -2.17. The first-order chi connectivity index (χ1) is 12.1. The molecular formula is C20H24N2O3. The summed E-state index contributed by atoms with van der Waals surface area (Å²) in [7, 11) is 0. The lowest BCUT2D eigenvalue weighted by Gasteiger charge is -2.10. The van der Waals surface area contributed by atoms with E-state index in [-0.39, 0.29) is 12.5 Å². The number of ether oxygens (including phenoxy) is 1. The fourth-order valence-corrected chi connectivity index (χ4v) is 2.20. The van der Waals surface area contributed by atoms with Crippen molar-refractivity contribution in [3.63, 3.8) is 0 Å². The molecule has 0 saturated carbocycles. The first kappa shape index (κ1) is 18.5. The molecule has 0 aliphatic carbocycles. The highest BCUT2D eigenvalue weighted by atomic mass is 16.6. The number of para-hydroxylation sites is 2. The number of oxime groups is 1. The van der Waals surface area contributed by atoms with E-state index in [4.69, 9.17) is 9.57 Å². The lowest BCUT2D eigenvalue weighted by atomic mass is 10.0. The summed E-state index contributed by atoms with van der Waals surface area (Å²) < 4.78 is 5.46. The highest BCUT2D eigenvalue weighted by molar-refractivity contribution is 5.93. The van der Waals surface area contributed by atoms with Crippen LogP contribution in [0.3, 0.4) is 0 Å². The average molecular weight is 340 g/mol. The maximum atomic E-state index is 11.9. The standard InChI is InChI=1S/C20H24N2O3/c1-4-24-19-8-6-5-7-18(19)22-20(23)14-25-21-13-16-9-11-17(12-10-16)15(2)3/h5-13,15H,4,14H2,1-3H3,(H,22,23)/b21-13-. The predicted molar refractivity (Wildman–Crippen MR) is 100 cm³/mol. The third kappa shape index (κ3) is 5.95. The molecule has 25 heavy (non-hydrogen) atoms. The van der Waals surface area contributed by atoms with Crippen molar-refractivity contribution in [2.45, 2.75) is 26.7 Å². The molecule has 2 aromatic carbocycles. The molecule has 0 saturated heterocycles. The van der Waals surface area contributed by atoms with Crippen LogP contribution < -0.4 is 10.1 Å². The van der Waals surface area contributed by atoms with Gasteiger partial charge >= 0.3 is 0 Å². The molecule has 132 valence electrons. The molecule has 0 fully saturated rings. The van der Waals surface area contributed by atoms with Crippen molar-refractivity contribution in [2.75, 3.05) is 18.5 Å². The molecule has 0 unspecified atom stereocenters. The van der Waals surface area contributed by atoms with Crippen molar-refractivity contribution in [2.24, 2.45) is 5.16 Å². The summed E-state index contributed by atoms with van der Waals surface area (Å²) in [6.07, 6.45) is 1.59. The zero-order valence-electron chi connectivity index (χ0n) is 14.9. The molecule has 5 heteroatoms. The second-order valence-electron chi connectivity index (χ2n) is 5.81. The quantitative estimate of drug-likeness (QED) is 0.579. The number of hydrogen-bond acceptors (Lipinski definition) is 4. The van der Waals surface area contributed by atoms with Crippen LogP contribution in [0.5, 0.6) is 5.75 Å². The van der Waals surface area contributed by atoms with Crippen LogP contribution in [-0.2, 0) is 9.63 Å². The fourth-order valence-electron chi connectivity index (χ4n) is 2.20. The van der Waals surface area contributed by atoms with Gasteiger partial charge in [-0.05, 0) is 36.1 Å². The van der Waals surface area contributed by atoms with Gasteiger partial charge in [-0.15, -0.1) is 0 Å². The van der Waals surface area contributed by atoms with Crippen molar-refractivity contribution in [1.29, 1.82) is 0 Å². The molecule has 0 bridgehead atoms. The Morgan fingerprint density at radius 3 is 2.56 bits per heavy atom. The summed E-state index contributed by atoms with van der Waals surface area (Å²) in [4.78, 5) is 17.0. The van der Waals surface area contributed by atoms with E-state index in [1.54, 1.807) is 18.3 Å². The summed E-state index contributed by atoms with van der Waals surface area (Å²) >= 11 is 0. The van der Waals surface area contributed by atoms with E-state index in [9.17, 15) is 4.79 Å². The van der Waals surface area contributed by atoms with E-state index in [0.717, 1.165) is 5.56 Å². The van der Waals surface area contributed by atoms with Crippen LogP contribution in [0, 0.1) is 0 Å². The number of carbonyl (C=O) groups is 1. The number of nitrogens with one attached hydrogen (secondary N) is 1. The lowest BCUT2D eigenvalue weighted by molar-refractivity contribution is -0.120. The minimum absolute atomic E-state index is 0.166. The number of carbonyl (C=O) groups excluding carboxylic acids is 1. The molecule has 2 aromatic rings. The number of nitrogens with zero attached hydrogens (tertiary/aromatic N) is 1. The number of anilines is 1. The van der Waals surface area contributed by atoms with E-state index >= 15 is 0 Å². The molecule has 0 radical (unpaired) electrons. The minimum atomic E-state index is -0.292. The van der Waals surface area contributed by atoms with Crippen molar-refractivity contribution in [3.05, 3.63) is 59.7 Å². The van der Waals surface area contributed by atoms with E-state index < -0.39 is 0 Å². The van der Waals surface area contributed by atoms with Crippen LogP contribution in [0.1, 0.15) is 37.8 Å². The van der Waals surface area contributed by atoms with E-state index in [2.05, 4.69) is 36.5 Å². The fraction of sp³-hybridized carbons (Fsp3) is 0.300. The van der Waals surface area contributed by atoms with Crippen LogP contribution in [0.15, 0.2) is 53.7 Å². The smallest absolute Gasteiger partial charge is 0.265 e. The molecule has 1 N–H and O–H groups in total. The van der Waals surface area contributed by atoms with Gasteiger partial charge < -0.3 is 14.9 Å². The summed E-state index contributed by atoms with van der Waals surface area (Å²) in [6.45, 7) is 6.55. The van der Waals surface area contributed by atoms with Crippen LogP contribution >= 0.6 is 0 Å². The Morgan fingerprint density at radius 1 is 1.16 bits per heavy atom. The Hall–Kier alpha value is -2.82. The predicted octanol–water partition coefficient (Wildman–Crippen LogP) is 4.20. The highest BCUT2D eigenvalue weighted by Crippen LogP contribution is 2.23. The Kier molecular flexibility index (Phi) is 7.01. The van der Waals surface area contributed by atoms with Gasteiger partial charge in [-0.3, -0.25) is 4.79 Å². The molecule has 0 aromatic heterocycles. The zero-order valence-corrected chi connectivity index (χ0v) is 14.9. The SMILES string of the molecule is CCOc1ccccc1NC(=O)CO/N=C\c1ccc(C(C)C)cc1. The Balaban J connectivity index is 1.82. The molecule has 0 spiro atoms. The van der Waals surface area contributed by atoms with Crippen LogP contribution in [0.25, 0.3) is 0 Å².